The average molecular weight is 728 g/mol. The Morgan fingerprint density at radius 3 is 1.33 bits per heavy atom. The molecule has 0 bridgehead atoms. The second-order valence-corrected chi connectivity index (χ2v) is 17.5. The average Bonchev–Trinajstić information content (AvgIpc) is 3.56. The standard InChI is InChI=1S/C12H15B50N2/c1-3-9-6-5-7-10-8-63(4-2)11(64(9)10)42(59(54(36)43(15)16)62(51(31)32)52(33)34)12(37-55(44(17)18)58(41-14)46(21)22,38-56(45(19)20)60(47(23)24)48(25)26)39-57(53(35)40-13)61(49(27)28)50(29)30/h5-8,11H,3-4H2,1-2H3. The zero-order valence-corrected chi connectivity index (χ0v) is 37.6. The molecule has 2 aliphatic heterocycles. The minimum atomic E-state index is -1.81. The lowest BCUT2D eigenvalue weighted by Crippen LogP contribution is -2.86. The van der Waals surface area contributed by atoms with E-state index in [0.29, 0.717) is 13.0 Å². The van der Waals surface area contributed by atoms with Crippen molar-refractivity contribution in [3.05, 3.63) is 35.8 Å². The molecule has 2 heterocycles. The number of fused-ring (bicyclic) bond motifs is 1. The number of hydrogen-bond donors (Lipinski definition) is 0. The lowest BCUT2D eigenvalue weighted by atomic mass is 8.41. The second-order valence-electron chi connectivity index (χ2n) is 17.5. The third-order valence-corrected chi connectivity index (χ3v) is 13.1. The summed E-state index contributed by atoms with van der Waals surface area (Å²) >= 11 is 0. The van der Waals surface area contributed by atoms with Crippen LogP contribution in [-0.4, -0.2) is 378 Å². The molecular weight excluding hydrogens is 713 g/mol. The van der Waals surface area contributed by atoms with E-state index in [-0.39, 0.29) is 0 Å². The molecule has 0 aromatic rings. The summed E-state index contributed by atoms with van der Waals surface area (Å²) in [5.74, 6) is 0. The van der Waals surface area contributed by atoms with Crippen LogP contribution in [0.15, 0.2) is 35.8 Å². The van der Waals surface area contributed by atoms with Gasteiger partial charge in [-0.15, -0.1) is 0 Å². The Balaban J connectivity index is 3.71. The fourth-order valence-corrected chi connectivity index (χ4v) is 10.0. The first-order valence-corrected chi connectivity index (χ1v) is 21.7. The summed E-state index contributed by atoms with van der Waals surface area (Å²) in [6, 6.07) is -0.822. The molecule has 0 aromatic heterocycles. The topological polar surface area (TPSA) is 6.48 Å². The Bertz CT molecular complexity index is 1420. The van der Waals surface area contributed by atoms with Crippen molar-refractivity contribution in [1.82, 2.24) is 9.80 Å². The Kier molecular flexibility index (Phi) is 27.5. The van der Waals surface area contributed by atoms with Crippen LogP contribution in [-0.2, 0) is 0 Å². The monoisotopic (exact) mass is 738 g/mol. The van der Waals surface area contributed by atoms with E-state index in [9.17, 15) is 0 Å². The number of nitrogens with zero attached hydrogens (tertiary/aromatic N) is 2. The van der Waals surface area contributed by atoms with Crippen LogP contribution in [0, 0.1) is 0 Å². The van der Waals surface area contributed by atoms with E-state index in [2.05, 4.69) is 9.80 Å². The van der Waals surface area contributed by atoms with Gasteiger partial charge < -0.3 is 9.80 Å². The van der Waals surface area contributed by atoms with Crippen molar-refractivity contribution in [3.8, 4) is 0 Å². The highest BCUT2D eigenvalue weighted by Crippen LogP contribution is 2.42. The number of rotatable bonds is 29. The van der Waals surface area contributed by atoms with E-state index in [1.54, 1.807) is 21.5 Å². The SMILES string of the molecule is [B][B]B([B])B([B]C([B]B(B([B])[B])B([B][B])B([B])[B])([B]B(B([B])[B])B(B([B])[B])B([B])[B])B(B(B([B])B([B])[B])B(B([B])[B])B([B])[B])C1N(CC)C=C2C=CC=C(CC)N21)B(B([B])[B])B([B])[B]. The molecule has 52 heteroatoms. The third-order valence-electron chi connectivity index (χ3n) is 13.1. The van der Waals surface area contributed by atoms with Crippen molar-refractivity contribution in [1.29, 1.82) is 0 Å². The van der Waals surface area contributed by atoms with Gasteiger partial charge in [0.05, 0.1) is 11.8 Å². The number of allylic oxidation sites excluding steroid dienone is 4. The maximum Gasteiger partial charge on any atom is 0.126 e. The molecule has 0 saturated carbocycles. The van der Waals surface area contributed by atoms with Gasteiger partial charge in [0.1, 0.15) is 6.60 Å². The van der Waals surface area contributed by atoms with Gasteiger partial charge in [-0.05, 0) is 25.5 Å². The van der Waals surface area contributed by atoms with Crippen LogP contribution in [0.1, 0.15) is 20.3 Å². The van der Waals surface area contributed by atoms with Crippen molar-refractivity contribution in [2.24, 2.45) is 0 Å². The maximum atomic E-state index is 7.30. The van der Waals surface area contributed by atoms with Crippen LogP contribution < -0.4 is 0 Å². The van der Waals surface area contributed by atoms with Crippen LogP contribution in [0.4, 0.5) is 0 Å². The molecule has 0 N–H and O–H groups in total. The van der Waals surface area contributed by atoms with Gasteiger partial charge in [0.2, 0.25) is 0 Å². The third kappa shape index (κ3) is 15.3. The predicted octanol–water partition coefficient (Wildman–Crippen LogP) is -16.7. The molecule has 223 valence electrons. The van der Waals surface area contributed by atoms with E-state index in [4.69, 9.17) is 186 Å². The lowest BCUT2D eigenvalue weighted by Gasteiger charge is -2.59. The Morgan fingerprint density at radius 2 is 0.953 bits per heavy atom. The smallest absolute Gasteiger partial charge is 0.126 e. The first kappa shape index (κ1) is 62.2. The summed E-state index contributed by atoms with van der Waals surface area (Å²) in [7, 11) is 167. The molecule has 2 nitrogen and oxygen atoms in total. The molecule has 0 saturated heterocycles. The van der Waals surface area contributed by atoms with Gasteiger partial charge in [0.15, 0.2) is 0 Å². The van der Waals surface area contributed by atoms with Crippen molar-refractivity contribution in [2.75, 3.05) is 6.54 Å². The minimum Gasteiger partial charge on any atom is -0.363 e. The van der Waals surface area contributed by atoms with E-state index in [0.717, 1.165) is 11.4 Å². The van der Waals surface area contributed by atoms with E-state index >= 15 is 0 Å². The van der Waals surface area contributed by atoms with Crippen molar-refractivity contribution in [3.63, 3.8) is 0 Å². The van der Waals surface area contributed by atoms with Gasteiger partial charge in [-0.3, -0.25) is 0 Å². The van der Waals surface area contributed by atoms with Crippen LogP contribution in [0.2, 0.25) is 5.01 Å². The zero-order valence-electron chi connectivity index (χ0n) is 37.6. The Hall–Kier alpha value is 2.07. The van der Waals surface area contributed by atoms with E-state index < -0.39 is 145 Å². The van der Waals surface area contributed by atoms with E-state index in [1.165, 1.54) is 14.1 Å². The van der Waals surface area contributed by atoms with Crippen LogP contribution in [0.25, 0.3) is 0 Å². The quantitative estimate of drug-likeness (QED) is 0.0708. The normalized spacial score (nSPS) is 14.2. The Morgan fingerprint density at radius 1 is 0.516 bits per heavy atom. The first-order chi connectivity index (χ1) is 29.7. The van der Waals surface area contributed by atoms with Crippen molar-refractivity contribution < 1.29 is 0 Å². The van der Waals surface area contributed by atoms with Crippen molar-refractivity contribution >= 4 is 356 Å². The van der Waals surface area contributed by atoms with Crippen molar-refractivity contribution in [2.45, 2.75) is 31.3 Å². The molecule has 0 spiro atoms. The maximum absolute atomic E-state index is 7.30. The highest BCUT2D eigenvalue weighted by Gasteiger charge is 2.61. The summed E-state index contributed by atoms with van der Waals surface area (Å²) in [6.07, 6.45) is -14.6. The van der Waals surface area contributed by atoms with Gasteiger partial charge in [-0.2, -0.15) is 5.01 Å². The van der Waals surface area contributed by atoms with Gasteiger partial charge in [-0.25, -0.2) is 0 Å². The molecule has 0 aromatic carbocycles. The molecule has 64 heavy (non-hydrogen) atoms. The van der Waals surface area contributed by atoms with Gasteiger partial charge in [0, 0.05) is 367 Å². The van der Waals surface area contributed by atoms with Gasteiger partial charge >= 0.3 is 0 Å². The second kappa shape index (κ2) is 28.3. The van der Waals surface area contributed by atoms with E-state index in [1.807, 2.05) is 38.3 Å². The van der Waals surface area contributed by atoms with Gasteiger partial charge in [0.25, 0.3) is 0 Å². The summed E-state index contributed by atoms with van der Waals surface area (Å²) < 4.78 is 0. The Labute approximate surface area is 435 Å². The number of hydrogen-bond acceptors (Lipinski definition) is 2. The molecule has 2 unspecified atom stereocenters. The molecule has 2 aliphatic rings. The molecule has 0 amide bonds. The zero-order chi connectivity index (χ0) is 49.3. The molecule has 2 rings (SSSR count). The molecule has 0 aliphatic carbocycles. The van der Waals surface area contributed by atoms with Crippen LogP contribution >= 0.6 is 0 Å². The minimum absolute atomic E-state index is 0.396. The first-order valence-electron chi connectivity index (χ1n) is 21.7. The fourth-order valence-electron chi connectivity index (χ4n) is 10.0. The van der Waals surface area contributed by atoms with Crippen LogP contribution in [0.3, 0.4) is 0 Å². The highest BCUT2D eigenvalue weighted by atomic mass is 15.4. The van der Waals surface area contributed by atoms with Gasteiger partial charge in [-0.1, -0.05) is 13.0 Å². The summed E-state index contributed by atoms with van der Waals surface area (Å²) in [6.45, 7) is 3.26. The molecular formula is C12H15B50N2. The largest absolute Gasteiger partial charge is 0.363 e. The lowest BCUT2D eigenvalue weighted by molar-refractivity contribution is 0.253. The fraction of sp³-hybridized carbons (Fsp3) is 0.500. The summed E-state index contributed by atoms with van der Waals surface area (Å²) in [5.41, 5.74) is 1.66. The summed E-state index contributed by atoms with van der Waals surface area (Å²) in [4.78, 5) is 4.21. The van der Waals surface area contributed by atoms with Crippen LogP contribution in [0.5, 0.6) is 0 Å². The predicted molar refractivity (Wildman–Crippen MR) is 344 cm³/mol. The molecule has 53 radical (unpaired) electrons. The molecule has 2 atom stereocenters. The highest BCUT2D eigenvalue weighted by molar-refractivity contribution is 8.14. The molecule has 0 fully saturated rings. The summed E-state index contributed by atoms with van der Waals surface area (Å²) in [5, 5.41) is -1.81.